The molecule has 1 nitrogen and oxygen atoms in total. The lowest BCUT2D eigenvalue weighted by Gasteiger charge is -2.30. The van der Waals surface area contributed by atoms with Crippen LogP contribution in [0.5, 0.6) is 0 Å². The van der Waals surface area contributed by atoms with E-state index in [9.17, 15) is 0 Å². The predicted molar refractivity (Wildman–Crippen MR) is 204 cm³/mol. The minimum absolute atomic E-state index is 0.0926. The van der Waals surface area contributed by atoms with Gasteiger partial charge >= 0.3 is 0 Å². The van der Waals surface area contributed by atoms with Gasteiger partial charge in [0.05, 0.1) is 11.4 Å². The first-order valence-corrected chi connectivity index (χ1v) is 17.2. The van der Waals surface area contributed by atoms with Gasteiger partial charge in [-0.3, -0.25) is 0 Å². The van der Waals surface area contributed by atoms with Crippen LogP contribution in [0, 0.1) is 0 Å². The lowest BCUT2D eigenvalue weighted by molar-refractivity contribution is 0.660. The Labute approximate surface area is 278 Å². The molecule has 0 unspecified atom stereocenters. The van der Waals surface area contributed by atoms with Crippen molar-refractivity contribution < 1.29 is 0 Å². The number of thiophene rings is 1. The monoisotopic (exact) mass is 617 g/mol. The summed E-state index contributed by atoms with van der Waals surface area (Å²) in [4.78, 5) is 2.55. The summed E-state index contributed by atoms with van der Waals surface area (Å²) < 4.78 is 2.63. The van der Waals surface area contributed by atoms with Crippen molar-refractivity contribution in [2.75, 3.05) is 4.90 Å². The van der Waals surface area contributed by atoms with Gasteiger partial charge in [-0.25, -0.2) is 0 Å². The highest BCUT2D eigenvalue weighted by Crippen LogP contribution is 2.55. The lowest BCUT2D eigenvalue weighted by Crippen LogP contribution is -2.16. The number of anilines is 3. The van der Waals surface area contributed by atoms with E-state index < -0.39 is 0 Å². The van der Waals surface area contributed by atoms with Crippen LogP contribution in [0.4, 0.5) is 17.1 Å². The Balaban J connectivity index is 1.35. The van der Waals surface area contributed by atoms with E-state index in [4.69, 9.17) is 0 Å². The Hall–Kier alpha value is -5.44. The SMILES string of the molecule is CC1(C)c2ccccc2-c2c(N(c3ccc4c(c3)sc3ccccc34)c3cc4ccccc4c4c3ccc3ccccc34)cccc21. The van der Waals surface area contributed by atoms with Crippen LogP contribution in [-0.4, -0.2) is 0 Å². The van der Waals surface area contributed by atoms with E-state index in [0.717, 1.165) is 0 Å². The summed E-state index contributed by atoms with van der Waals surface area (Å²) in [6, 6.07) is 56.5. The number of benzene rings is 8. The third kappa shape index (κ3) is 3.77. The summed E-state index contributed by atoms with van der Waals surface area (Å²) in [5.41, 5.74) is 8.90. The van der Waals surface area contributed by atoms with Gasteiger partial charge in [0.15, 0.2) is 0 Å². The molecule has 0 N–H and O–H groups in total. The molecule has 1 aliphatic rings. The third-order valence-corrected chi connectivity index (χ3v) is 11.5. The maximum absolute atomic E-state index is 2.55. The maximum Gasteiger partial charge on any atom is 0.0546 e. The molecule has 1 aromatic heterocycles. The van der Waals surface area contributed by atoms with Crippen LogP contribution in [0.2, 0.25) is 0 Å². The van der Waals surface area contributed by atoms with Gasteiger partial charge in [0.25, 0.3) is 0 Å². The second-order valence-electron chi connectivity index (χ2n) is 13.3. The van der Waals surface area contributed by atoms with Crippen LogP contribution in [0.15, 0.2) is 152 Å². The molecule has 10 rings (SSSR count). The summed E-state index contributed by atoms with van der Waals surface area (Å²) in [5, 5.41) is 10.3. The van der Waals surface area contributed by atoms with Gasteiger partial charge in [0.1, 0.15) is 0 Å². The largest absolute Gasteiger partial charge is 0.309 e. The second kappa shape index (κ2) is 9.78. The van der Waals surface area contributed by atoms with Crippen LogP contribution in [0.3, 0.4) is 0 Å². The van der Waals surface area contributed by atoms with E-state index >= 15 is 0 Å². The molecule has 0 fully saturated rings. The van der Waals surface area contributed by atoms with Gasteiger partial charge in [-0.05, 0) is 74.0 Å². The first kappa shape index (κ1) is 26.7. The van der Waals surface area contributed by atoms with E-state index in [1.807, 2.05) is 11.3 Å². The van der Waals surface area contributed by atoms with Crippen LogP contribution < -0.4 is 4.90 Å². The molecule has 1 aliphatic carbocycles. The highest BCUT2D eigenvalue weighted by molar-refractivity contribution is 7.25. The number of fused-ring (bicyclic) bond motifs is 11. The first-order chi connectivity index (χ1) is 23.1. The van der Waals surface area contributed by atoms with Crippen LogP contribution in [-0.2, 0) is 5.41 Å². The third-order valence-electron chi connectivity index (χ3n) is 10.4. The van der Waals surface area contributed by atoms with Gasteiger partial charge in [-0.2, -0.15) is 0 Å². The van der Waals surface area contributed by atoms with E-state index in [0.29, 0.717) is 0 Å². The average Bonchev–Trinajstić information content (AvgIpc) is 3.60. The van der Waals surface area contributed by atoms with Crippen molar-refractivity contribution in [3.8, 4) is 11.1 Å². The zero-order chi connectivity index (χ0) is 31.3. The normalized spacial score (nSPS) is 13.5. The number of nitrogens with zero attached hydrogens (tertiary/aromatic N) is 1. The maximum atomic E-state index is 2.55. The minimum atomic E-state index is -0.0926. The molecular formula is C45H31NS. The van der Waals surface area contributed by atoms with Gasteiger partial charge < -0.3 is 4.90 Å². The van der Waals surface area contributed by atoms with E-state index in [2.05, 4.69) is 170 Å². The quantitative estimate of drug-likeness (QED) is 0.178. The summed E-state index contributed by atoms with van der Waals surface area (Å²) >= 11 is 1.88. The van der Waals surface area contributed by atoms with Crippen molar-refractivity contribution in [2.24, 2.45) is 0 Å². The molecule has 0 saturated carbocycles. The molecule has 8 aromatic carbocycles. The van der Waals surface area contributed by atoms with Crippen molar-refractivity contribution in [3.63, 3.8) is 0 Å². The number of hydrogen-bond donors (Lipinski definition) is 0. The second-order valence-corrected chi connectivity index (χ2v) is 14.4. The fraction of sp³-hybridized carbons (Fsp3) is 0.0667. The lowest BCUT2D eigenvalue weighted by atomic mass is 9.82. The van der Waals surface area contributed by atoms with E-state index in [-0.39, 0.29) is 5.41 Å². The molecule has 0 amide bonds. The van der Waals surface area contributed by atoms with Crippen molar-refractivity contribution in [3.05, 3.63) is 163 Å². The van der Waals surface area contributed by atoms with Crippen LogP contribution in [0.1, 0.15) is 25.0 Å². The van der Waals surface area contributed by atoms with Crippen molar-refractivity contribution in [2.45, 2.75) is 19.3 Å². The highest BCUT2D eigenvalue weighted by atomic mass is 32.1. The molecule has 0 spiro atoms. The Morgan fingerprint density at radius 2 is 1.13 bits per heavy atom. The molecule has 0 bridgehead atoms. The van der Waals surface area contributed by atoms with Crippen molar-refractivity contribution in [1.29, 1.82) is 0 Å². The van der Waals surface area contributed by atoms with Gasteiger partial charge in [0.2, 0.25) is 0 Å². The average molecular weight is 618 g/mol. The first-order valence-electron chi connectivity index (χ1n) is 16.4. The summed E-state index contributed by atoms with van der Waals surface area (Å²) in [6.07, 6.45) is 0. The fourth-order valence-electron chi connectivity index (χ4n) is 8.22. The zero-order valence-electron chi connectivity index (χ0n) is 26.3. The fourth-order valence-corrected chi connectivity index (χ4v) is 9.36. The molecule has 47 heavy (non-hydrogen) atoms. The number of hydrogen-bond acceptors (Lipinski definition) is 2. The molecule has 0 saturated heterocycles. The van der Waals surface area contributed by atoms with Gasteiger partial charge in [0, 0.05) is 42.2 Å². The molecule has 222 valence electrons. The van der Waals surface area contributed by atoms with E-state index in [1.165, 1.54) is 91.8 Å². The highest BCUT2D eigenvalue weighted by Gasteiger charge is 2.38. The Morgan fingerprint density at radius 3 is 2.00 bits per heavy atom. The predicted octanol–water partition coefficient (Wildman–Crippen LogP) is 13.3. The molecular weight excluding hydrogens is 587 g/mol. The van der Waals surface area contributed by atoms with Gasteiger partial charge in [-0.1, -0.05) is 135 Å². The Morgan fingerprint density at radius 1 is 0.468 bits per heavy atom. The van der Waals surface area contributed by atoms with Crippen LogP contribution in [0.25, 0.3) is 63.6 Å². The van der Waals surface area contributed by atoms with E-state index in [1.54, 1.807) is 0 Å². The topological polar surface area (TPSA) is 3.24 Å². The van der Waals surface area contributed by atoms with Gasteiger partial charge in [-0.15, -0.1) is 11.3 Å². The smallest absolute Gasteiger partial charge is 0.0546 e. The summed E-state index contributed by atoms with van der Waals surface area (Å²) in [7, 11) is 0. The zero-order valence-corrected chi connectivity index (χ0v) is 27.1. The Bertz CT molecular complexity index is 2710. The molecule has 9 aromatic rings. The molecule has 1 heterocycles. The van der Waals surface area contributed by atoms with Crippen molar-refractivity contribution in [1.82, 2.24) is 0 Å². The molecule has 0 atom stereocenters. The molecule has 0 aliphatic heterocycles. The van der Waals surface area contributed by atoms with Crippen molar-refractivity contribution >= 4 is 80.9 Å². The number of rotatable bonds is 3. The standard InChI is InChI=1S/C45H31NS/c1-45(2)37-18-9-7-17-35(37)44-38(45)19-11-20-39(44)46(30-23-25-34-33-16-8-10-21-41(33)47-42(34)27-30)40-26-29-13-4-6-15-32(29)43-31-14-5-3-12-28(31)22-24-36(40)43/h3-27H,1-2H3. The molecule has 2 heteroatoms. The summed E-state index contributed by atoms with van der Waals surface area (Å²) in [5.74, 6) is 0. The minimum Gasteiger partial charge on any atom is -0.309 e. The molecule has 0 radical (unpaired) electrons. The Kier molecular flexibility index (Phi) is 5.57. The van der Waals surface area contributed by atoms with Crippen LogP contribution >= 0.6 is 11.3 Å². The summed E-state index contributed by atoms with van der Waals surface area (Å²) in [6.45, 7) is 4.74.